The van der Waals surface area contributed by atoms with E-state index in [-0.39, 0.29) is 5.82 Å². The van der Waals surface area contributed by atoms with E-state index in [1.165, 1.54) is 6.07 Å². The Balaban J connectivity index is 1.81. The highest BCUT2D eigenvalue weighted by Crippen LogP contribution is 2.15. The van der Waals surface area contributed by atoms with E-state index in [0.29, 0.717) is 18.7 Å². The van der Waals surface area contributed by atoms with Crippen molar-refractivity contribution in [1.29, 1.82) is 0 Å². The lowest BCUT2D eigenvalue weighted by Gasteiger charge is -2.10. The Hall–Kier alpha value is -2.40. The van der Waals surface area contributed by atoms with Crippen molar-refractivity contribution in [2.45, 2.75) is 13.1 Å². The van der Waals surface area contributed by atoms with Crippen LogP contribution < -0.4 is 11.1 Å². The van der Waals surface area contributed by atoms with Gasteiger partial charge < -0.3 is 11.1 Å². The first kappa shape index (κ1) is 12.6. The van der Waals surface area contributed by atoms with Gasteiger partial charge in [-0.3, -0.25) is 4.40 Å². The fourth-order valence-corrected chi connectivity index (χ4v) is 2.14. The van der Waals surface area contributed by atoms with Crippen molar-refractivity contribution in [2.24, 2.45) is 5.73 Å². The molecule has 0 unspecified atom stereocenters. The lowest BCUT2D eigenvalue weighted by Crippen LogP contribution is -2.06. The zero-order chi connectivity index (χ0) is 13.9. The minimum Gasteiger partial charge on any atom is -0.367 e. The number of fused-ring (bicyclic) bond motifs is 1. The molecule has 0 spiro atoms. The van der Waals surface area contributed by atoms with Crippen molar-refractivity contribution >= 4 is 11.5 Å². The zero-order valence-electron chi connectivity index (χ0n) is 10.9. The number of aromatic nitrogens is 2. The van der Waals surface area contributed by atoms with Crippen LogP contribution in [0.5, 0.6) is 0 Å². The fourth-order valence-electron chi connectivity index (χ4n) is 2.14. The first-order chi connectivity index (χ1) is 9.78. The molecule has 2 aromatic heterocycles. The van der Waals surface area contributed by atoms with Crippen LogP contribution in [0.1, 0.15) is 11.1 Å². The van der Waals surface area contributed by atoms with Gasteiger partial charge in [0.2, 0.25) is 0 Å². The maximum absolute atomic E-state index is 13.9. The highest BCUT2D eigenvalue weighted by molar-refractivity contribution is 5.50. The third-order valence-corrected chi connectivity index (χ3v) is 3.24. The van der Waals surface area contributed by atoms with E-state index in [9.17, 15) is 4.39 Å². The maximum atomic E-state index is 13.9. The number of hydrogen-bond acceptors (Lipinski definition) is 3. The van der Waals surface area contributed by atoms with E-state index >= 15 is 0 Å². The summed E-state index contributed by atoms with van der Waals surface area (Å²) in [7, 11) is 0. The molecule has 1 aromatic carbocycles. The van der Waals surface area contributed by atoms with Gasteiger partial charge in [0.25, 0.3) is 0 Å². The molecule has 0 bridgehead atoms. The van der Waals surface area contributed by atoms with Crippen LogP contribution >= 0.6 is 0 Å². The van der Waals surface area contributed by atoms with Crippen molar-refractivity contribution in [3.63, 3.8) is 0 Å². The molecule has 0 amide bonds. The molecule has 3 aromatic rings. The summed E-state index contributed by atoms with van der Waals surface area (Å²) in [5, 5.41) is 3.22. The predicted molar refractivity (Wildman–Crippen MR) is 76.8 cm³/mol. The molecule has 0 saturated carbocycles. The monoisotopic (exact) mass is 270 g/mol. The summed E-state index contributed by atoms with van der Waals surface area (Å²) < 4.78 is 15.8. The van der Waals surface area contributed by atoms with Crippen LogP contribution in [0.25, 0.3) is 5.65 Å². The first-order valence-corrected chi connectivity index (χ1v) is 6.41. The molecule has 5 heteroatoms. The predicted octanol–water partition coefficient (Wildman–Crippen LogP) is 2.54. The SMILES string of the molecule is NCc1ccc(CNc2cccc3nccn23)c(F)c1. The van der Waals surface area contributed by atoms with Gasteiger partial charge in [0.05, 0.1) is 0 Å². The number of halogens is 1. The fraction of sp³-hybridized carbons (Fsp3) is 0.133. The summed E-state index contributed by atoms with van der Waals surface area (Å²) in [6.07, 6.45) is 3.60. The summed E-state index contributed by atoms with van der Waals surface area (Å²) in [6, 6.07) is 10.9. The second-order valence-corrected chi connectivity index (χ2v) is 4.55. The van der Waals surface area contributed by atoms with Crippen LogP contribution in [-0.4, -0.2) is 9.38 Å². The molecule has 0 radical (unpaired) electrons. The lowest BCUT2D eigenvalue weighted by molar-refractivity contribution is 0.610. The number of nitrogens with zero attached hydrogens (tertiary/aromatic N) is 2. The second kappa shape index (κ2) is 5.30. The van der Waals surface area contributed by atoms with Gasteiger partial charge in [-0.2, -0.15) is 0 Å². The van der Waals surface area contributed by atoms with Crippen molar-refractivity contribution < 1.29 is 4.39 Å². The number of pyridine rings is 1. The largest absolute Gasteiger partial charge is 0.367 e. The summed E-state index contributed by atoms with van der Waals surface area (Å²) in [5.41, 5.74) is 7.75. The van der Waals surface area contributed by atoms with Gasteiger partial charge in [-0.1, -0.05) is 18.2 Å². The smallest absolute Gasteiger partial charge is 0.138 e. The topological polar surface area (TPSA) is 55.3 Å². The number of rotatable bonds is 4. The molecular formula is C15H15FN4. The molecule has 0 fully saturated rings. The first-order valence-electron chi connectivity index (χ1n) is 6.41. The number of anilines is 1. The number of nitrogens with one attached hydrogen (secondary N) is 1. The van der Waals surface area contributed by atoms with Crippen molar-refractivity contribution in [2.75, 3.05) is 5.32 Å². The Kier molecular flexibility index (Phi) is 3.35. The number of imidazole rings is 1. The average molecular weight is 270 g/mol. The van der Waals surface area contributed by atoms with E-state index in [1.807, 2.05) is 34.9 Å². The van der Waals surface area contributed by atoms with Gasteiger partial charge in [-0.15, -0.1) is 0 Å². The third kappa shape index (κ3) is 2.35. The Morgan fingerprint density at radius 3 is 2.95 bits per heavy atom. The van der Waals surface area contributed by atoms with E-state index in [4.69, 9.17) is 5.73 Å². The molecule has 3 rings (SSSR count). The normalized spacial score (nSPS) is 10.9. The summed E-state index contributed by atoms with van der Waals surface area (Å²) in [5.74, 6) is 0.639. The number of hydrogen-bond donors (Lipinski definition) is 2. The van der Waals surface area contributed by atoms with Crippen molar-refractivity contribution in [3.8, 4) is 0 Å². The van der Waals surface area contributed by atoms with E-state index in [1.54, 1.807) is 12.3 Å². The van der Waals surface area contributed by atoms with Gasteiger partial charge in [-0.25, -0.2) is 9.37 Å². The highest BCUT2D eigenvalue weighted by Gasteiger charge is 2.05. The van der Waals surface area contributed by atoms with Gasteiger partial charge in [0.1, 0.15) is 17.3 Å². The highest BCUT2D eigenvalue weighted by atomic mass is 19.1. The Morgan fingerprint density at radius 1 is 1.25 bits per heavy atom. The molecule has 4 nitrogen and oxygen atoms in total. The molecular weight excluding hydrogens is 255 g/mol. The maximum Gasteiger partial charge on any atom is 0.138 e. The molecule has 2 heterocycles. The third-order valence-electron chi connectivity index (χ3n) is 3.24. The Bertz CT molecular complexity index is 736. The van der Waals surface area contributed by atoms with Gasteiger partial charge in [-0.05, 0) is 23.8 Å². The summed E-state index contributed by atoms with van der Waals surface area (Å²) in [4.78, 5) is 4.21. The molecule has 0 aliphatic heterocycles. The van der Waals surface area contributed by atoms with Crippen LogP contribution in [0.3, 0.4) is 0 Å². The lowest BCUT2D eigenvalue weighted by atomic mass is 10.1. The van der Waals surface area contributed by atoms with Crippen LogP contribution in [0, 0.1) is 5.82 Å². The molecule has 0 saturated heterocycles. The summed E-state index contributed by atoms with van der Waals surface area (Å²) >= 11 is 0. The number of nitrogens with two attached hydrogens (primary N) is 1. The standard InChI is InChI=1S/C15H15FN4/c16-13-8-11(9-17)4-5-12(13)10-19-15-3-1-2-14-18-6-7-20(14)15/h1-8,19H,9-10,17H2. The van der Waals surface area contributed by atoms with E-state index in [2.05, 4.69) is 10.3 Å². The molecule has 0 aliphatic rings. The minimum atomic E-state index is -0.238. The van der Waals surface area contributed by atoms with Crippen LogP contribution in [0.2, 0.25) is 0 Å². The molecule has 3 N–H and O–H groups in total. The van der Waals surface area contributed by atoms with Crippen LogP contribution in [0.4, 0.5) is 10.2 Å². The van der Waals surface area contributed by atoms with Gasteiger partial charge >= 0.3 is 0 Å². The molecule has 20 heavy (non-hydrogen) atoms. The molecule has 0 aliphatic carbocycles. The number of benzene rings is 1. The summed E-state index contributed by atoms with van der Waals surface area (Å²) in [6.45, 7) is 0.757. The molecule has 0 atom stereocenters. The van der Waals surface area contributed by atoms with E-state index < -0.39 is 0 Å². The Labute approximate surface area is 116 Å². The second-order valence-electron chi connectivity index (χ2n) is 4.55. The van der Waals surface area contributed by atoms with Crippen LogP contribution in [-0.2, 0) is 13.1 Å². The minimum absolute atomic E-state index is 0.238. The van der Waals surface area contributed by atoms with Crippen molar-refractivity contribution in [1.82, 2.24) is 9.38 Å². The Morgan fingerprint density at radius 2 is 2.15 bits per heavy atom. The van der Waals surface area contributed by atoms with Gasteiger partial charge in [0, 0.05) is 31.0 Å². The zero-order valence-corrected chi connectivity index (χ0v) is 10.9. The van der Waals surface area contributed by atoms with E-state index in [0.717, 1.165) is 17.0 Å². The average Bonchev–Trinajstić information content (AvgIpc) is 2.95. The van der Waals surface area contributed by atoms with Crippen molar-refractivity contribution in [3.05, 3.63) is 65.7 Å². The molecule has 102 valence electrons. The van der Waals surface area contributed by atoms with Crippen LogP contribution in [0.15, 0.2) is 48.8 Å². The quantitative estimate of drug-likeness (QED) is 0.766. The van der Waals surface area contributed by atoms with Gasteiger partial charge in [0.15, 0.2) is 0 Å².